The lowest BCUT2D eigenvalue weighted by molar-refractivity contribution is 0.186. The highest BCUT2D eigenvalue weighted by Crippen LogP contribution is 2.27. The number of hydrogen-bond donors (Lipinski definition) is 2. The van der Waals surface area contributed by atoms with Crippen LogP contribution in [0.3, 0.4) is 0 Å². The third-order valence-corrected chi connectivity index (χ3v) is 2.32. The van der Waals surface area contributed by atoms with Gasteiger partial charge < -0.3 is 15.6 Å². The van der Waals surface area contributed by atoms with Crippen LogP contribution in [0.15, 0.2) is 18.2 Å². The average molecular weight is 179 g/mol. The number of ether oxygens (including phenoxy) is 1. The fraction of sp³-hybridized carbons (Fsp3) is 0.400. The molecular formula is C10H13NO2. The Kier molecular flexibility index (Phi) is 2.20. The molecule has 0 saturated carbocycles. The topological polar surface area (TPSA) is 55.5 Å². The van der Waals surface area contributed by atoms with Crippen LogP contribution in [0.25, 0.3) is 0 Å². The van der Waals surface area contributed by atoms with Crippen LogP contribution in [-0.4, -0.2) is 18.3 Å². The molecule has 0 radical (unpaired) electrons. The summed E-state index contributed by atoms with van der Waals surface area (Å²) in [7, 11) is 0. The lowest BCUT2D eigenvalue weighted by Gasteiger charge is -2.08. The van der Waals surface area contributed by atoms with E-state index >= 15 is 0 Å². The van der Waals surface area contributed by atoms with E-state index in [1.165, 1.54) is 5.56 Å². The Labute approximate surface area is 77.1 Å². The molecule has 70 valence electrons. The highest BCUT2D eigenvalue weighted by Gasteiger charge is 2.14. The van der Waals surface area contributed by atoms with Gasteiger partial charge in [-0.25, -0.2) is 0 Å². The molecule has 2 rings (SSSR count). The van der Waals surface area contributed by atoms with E-state index in [-0.39, 0.29) is 6.54 Å². The number of hydrogen-bond acceptors (Lipinski definition) is 3. The fourth-order valence-electron chi connectivity index (χ4n) is 1.55. The SMILES string of the molecule is NCC(O)c1ccc2c(c1)CCO2. The Balaban J connectivity index is 2.30. The van der Waals surface area contributed by atoms with E-state index in [1.807, 2.05) is 18.2 Å². The number of fused-ring (bicyclic) bond motifs is 1. The largest absolute Gasteiger partial charge is 0.493 e. The molecule has 1 atom stereocenters. The van der Waals surface area contributed by atoms with Crippen molar-refractivity contribution in [3.05, 3.63) is 29.3 Å². The van der Waals surface area contributed by atoms with Gasteiger partial charge >= 0.3 is 0 Å². The van der Waals surface area contributed by atoms with E-state index in [2.05, 4.69) is 0 Å². The Morgan fingerprint density at radius 1 is 1.54 bits per heavy atom. The van der Waals surface area contributed by atoms with E-state index in [9.17, 15) is 5.11 Å². The van der Waals surface area contributed by atoms with Crippen molar-refractivity contribution >= 4 is 0 Å². The minimum atomic E-state index is -0.550. The number of aliphatic hydroxyl groups is 1. The summed E-state index contributed by atoms with van der Waals surface area (Å²) in [4.78, 5) is 0. The molecule has 3 N–H and O–H groups in total. The molecule has 1 aromatic carbocycles. The third-order valence-electron chi connectivity index (χ3n) is 2.32. The first-order valence-electron chi connectivity index (χ1n) is 4.45. The number of rotatable bonds is 2. The van der Waals surface area contributed by atoms with Crippen LogP contribution in [0.5, 0.6) is 5.75 Å². The van der Waals surface area contributed by atoms with Gasteiger partial charge in [-0.2, -0.15) is 0 Å². The fourth-order valence-corrected chi connectivity index (χ4v) is 1.55. The molecule has 0 bridgehead atoms. The molecule has 13 heavy (non-hydrogen) atoms. The normalized spacial score (nSPS) is 16.5. The van der Waals surface area contributed by atoms with Gasteiger partial charge in [-0.05, 0) is 23.3 Å². The second kappa shape index (κ2) is 3.36. The van der Waals surface area contributed by atoms with Gasteiger partial charge in [0.1, 0.15) is 5.75 Å². The molecule has 1 unspecified atom stereocenters. The average Bonchev–Trinajstić information content (AvgIpc) is 2.63. The predicted molar refractivity (Wildman–Crippen MR) is 49.7 cm³/mol. The summed E-state index contributed by atoms with van der Waals surface area (Å²) in [6.45, 7) is 1.01. The molecule has 0 spiro atoms. The van der Waals surface area contributed by atoms with Crippen LogP contribution < -0.4 is 10.5 Å². The summed E-state index contributed by atoms with van der Waals surface area (Å²) in [5.74, 6) is 0.938. The Morgan fingerprint density at radius 3 is 3.15 bits per heavy atom. The van der Waals surface area contributed by atoms with E-state index in [0.717, 1.165) is 24.3 Å². The minimum absolute atomic E-state index is 0.264. The Morgan fingerprint density at radius 2 is 2.38 bits per heavy atom. The zero-order chi connectivity index (χ0) is 9.26. The van der Waals surface area contributed by atoms with Gasteiger partial charge in [-0.3, -0.25) is 0 Å². The van der Waals surface area contributed by atoms with Crippen molar-refractivity contribution in [2.45, 2.75) is 12.5 Å². The van der Waals surface area contributed by atoms with Crippen molar-refractivity contribution in [3.63, 3.8) is 0 Å². The van der Waals surface area contributed by atoms with E-state index in [4.69, 9.17) is 10.5 Å². The molecule has 1 aromatic rings. The van der Waals surface area contributed by atoms with Gasteiger partial charge in [0.05, 0.1) is 12.7 Å². The van der Waals surface area contributed by atoms with Crippen molar-refractivity contribution < 1.29 is 9.84 Å². The van der Waals surface area contributed by atoms with Crippen molar-refractivity contribution in [3.8, 4) is 5.75 Å². The van der Waals surface area contributed by atoms with Crippen molar-refractivity contribution in [2.75, 3.05) is 13.2 Å². The summed E-state index contributed by atoms with van der Waals surface area (Å²) in [5, 5.41) is 9.49. The molecule has 1 aliphatic rings. The molecule has 3 nitrogen and oxygen atoms in total. The third kappa shape index (κ3) is 1.53. The van der Waals surface area contributed by atoms with Gasteiger partial charge in [0.25, 0.3) is 0 Å². The summed E-state index contributed by atoms with van der Waals surface area (Å²) in [6, 6.07) is 5.73. The minimum Gasteiger partial charge on any atom is -0.493 e. The monoisotopic (exact) mass is 179 g/mol. The lowest BCUT2D eigenvalue weighted by atomic mass is 10.0. The van der Waals surface area contributed by atoms with Crippen LogP contribution in [0.2, 0.25) is 0 Å². The predicted octanol–water partition coefficient (Wildman–Crippen LogP) is 0.614. The summed E-state index contributed by atoms with van der Waals surface area (Å²) in [6.07, 6.45) is 0.381. The molecule has 0 amide bonds. The lowest BCUT2D eigenvalue weighted by Crippen LogP contribution is -2.11. The first kappa shape index (κ1) is 8.53. The van der Waals surface area contributed by atoms with Crippen molar-refractivity contribution in [1.29, 1.82) is 0 Å². The second-order valence-electron chi connectivity index (χ2n) is 3.22. The standard InChI is InChI=1S/C10H13NO2/c11-6-9(12)7-1-2-10-8(5-7)3-4-13-10/h1-2,5,9,12H,3-4,6,11H2. The highest BCUT2D eigenvalue weighted by atomic mass is 16.5. The molecular weight excluding hydrogens is 166 g/mol. The number of nitrogens with two attached hydrogens (primary N) is 1. The van der Waals surface area contributed by atoms with E-state index in [1.54, 1.807) is 0 Å². The number of benzene rings is 1. The van der Waals surface area contributed by atoms with Gasteiger partial charge in [0.2, 0.25) is 0 Å². The maximum Gasteiger partial charge on any atom is 0.122 e. The Bertz CT molecular complexity index is 312. The first-order valence-corrected chi connectivity index (χ1v) is 4.45. The molecule has 1 aliphatic heterocycles. The molecule has 1 heterocycles. The zero-order valence-electron chi connectivity index (χ0n) is 7.36. The van der Waals surface area contributed by atoms with E-state index in [0.29, 0.717) is 0 Å². The maximum atomic E-state index is 9.49. The first-order chi connectivity index (χ1) is 6.31. The van der Waals surface area contributed by atoms with Crippen LogP contribution >= 0.6 is 0 Å². The molecule has 0 aliphatic carbocycles. The van der Waals surface area contributed by atoms with Gasteiger partial charge in [-0.15, -0.1) is 0 Å². The van der Waals surface area contributed by atoms with Gasteiger partial charge in [0, 0.05) is 13.0 Å². The second-order valence-corrected chi connectivity index (χ2v) is 3.22. The quantitative estimate of drug-likeness (QED) is 0.699. The molecule has 0 saturated heterocycles. The van der Waals surface area contributed by atoms with Crippen LogP contribution in [0.1, 0.15) is 17.2 Å². The van der Waals surface area contributed by atoms with Gasteiger partial charge in [-0.1, -0.05) is 6.07 Å². The molecule has 3 heteroatoms. The summed E-state index contributed by atoms with van der Waals surface area (Å²) >= 11 is 0. The smallest absolute Gasteiger partial charge is 0.122 e. The highest BCUT2D eigenvalue weighted by molar-refractivity contribution is 5.40. The van der Waals surface area contributed by atoms with Crippen LogP contribution in [0.4, 0.5) is 0 Å². The summed E-state index contributed by atoms with van der Waals surface area (Å²) < 4.78 is 5.35. The van der Waals surface area contributed by atoms with Crippen LogP contribution in [-0.2, 0) is 6.42 Å². The maximum absolute atomic E-state index is 9.49. The number of aliphatic hydroxyl groups excluding tert-OH is 1. The molecule has 0 fully saturated rings. The zero-order valence-corrected chi connectivity index (χ0v) is 7.36. The van der Waals surface area contributed by atoms with Crippen molar-refractivity contribution in [2.24, 2.45) is 5.73 Å². The van der Waals surface area contributed by atoms with Crippen molar-refractivity contribution in [1.82, 2.24) is 0 Å². The Hall–Kier alpha value is -1.06. The summed E-state index contributed by atoms with van der Waals surface area (Å²) in [5.41, 5.74) is 7.42. The molecule has 0 aromatic heterocycles. The van der Waals surface area contributed by atoms with Gasteiger partial charge in [0.15, 0.2) is 0 Å². The van der Waals surface area contributed by atoms with E-state index < -0.39 is 6.10 Å². The van der Waals surface area contributed by atoms with Crippen LogP contribution in [0, 0.1) is 0 Å².